The van der Waals surface area contributed by atoms with Crippen molar-refractivity contribution in [2.75, 3.05) is 0 Å². The van der Waals surface area contributed by atoms with Gasteiger partial charge in [-0.3, -0.25) is 4.79 Å². The summed E-state index contributed by atoms with van der Waals surface area (Å²) in [6.07, 6.45) is 5.14. The van der Waals surface area contributed by atoms with E-state index in [2.05, 4.69) is 5.32 Å². The van der Waals surface area contributed by atoms with Gasteiger partial charge in [0.1, 0.15) is 0 Å². The van der Waals surface area contributed by atoms with E-state index in [9.17, 15) is 4.79 Å². The van der Waals surface area contributed by atoms with Crippen LogP contribution < -0.4 is 11.1 Å². The Morgan fingerprint density at radius 1 is 1.11 bits per heavy atom. The van der Waals surface area contributed by atoms with Crippen molar-refractivity contribution >= 4 is 5.91 Å². The largest absolute Gasteiger partial charge is 0.352 e. The maximum atomic E-state index is 12.1. The Balaban J connectivity index is 1.50. The molecule has 0 aromatic heterocycles. The van der Waals surface area contributed by atoms with Gasteiger partial charge in [0.05, 0.1) is 0 Å². The lowest BCUT2D eigenvalue weighted by Crippen LogP contribution is -2.25. The molecule has 2 fully saturated rings. The van der Waals surface area contributed by atoms with E-state index in [0.717, 1.165) is 11.1 Å². The van der Waals surface area contributed by atoms with E-state index in [4.69, 9.17) is 5.73 Å². The highest BCUT2D eigenvalue weighted by Gasteiger charge is 2.54. The molecule has 0 spiro atoms. The molecule has 2 atom stereocenters. The van der Waals surface area contributed by atoms with Gasteiger partial charge in [0, 0.05) is 19.0 Å². The summed E-state index contributed by atoms with van der Waals surface area (Å²) in [7, 11) is 0. The Morgan fingerprint density at radius 3 is 2.26 bits per heavy atom. The lowest BCUT2D eigenvalue weighted by Gasteiger charge is -2.06. The molecule has 0 saturated heterocycles. The normalized spacial score (nSPS) is 28.6. The quantitative estimate of drug-likeness (QED) is 0.870. The molecule has 1 aromatic rings. The molecule has 2 aliphatic carbocycles. The van der Waals surface area contributed by atoms with Gasteiger partial charge in [-0.25, -0.2) is 0 Å². The number of nitrogens with one attached hydrogen (secondary N) is 1. The highest BCUT2D eigenvalue weighted by molar-refractivity contribution is 5.82. The molecule has 3 heteroatoms. The molecule has 1 amide bonds. The van der Waals surface area contributed by atoms with Gasteiger partial charge in [0.2, 0.25) is 5.91 Å². The van der Waals surface area contributed by atoms with Gasteiger partial charge >= 0.3 is 0 Å². The van der Waals surface area contributed by atoms with Crippen LogP contribution in [0.1, 0.15) is 36.8 Å². The van der Waals surface area contributed by atoms with Crippen molar-refractivity contribution in [2.45, 2.75) is 38.8 Å². The first-order valence-electron chi connectivity index (χ1n) is 7.35. The van der Waals surface area contributed by atoms with Gasteiger partial charge < -0.3 is 11.1 Å². The zero-order valence-corrected chi connectivity index (χ0v) is 11.3. The molecule has 3 nitrogen and oxygen atoms in total. The number of rotatable bonds is 4. The van der Waals surface area contributed by atoms with Crippen molar-refractivity contribution in [3.8, 4) is 0 Å². The van der Waals surface area contributed by atoms with Crippen LogP contribution >= 0.6 is 0 Å². The third-order valence-electron chi connectivity index (χ3n) is 4.68. The van der Waals surface area contributed by atoms with Crippen molar-refractivity contribution < 1.29 is 4.79 Å². The lowest BCUT2D eigenvalue weighted by atomic mass is 10.0. The van der Waals surface area contributed by atoms with E-state index >= 15 is 0 Å². The van der Waals surface area contributed by atoms with Gasteiger partial charge in [0.25, 0.3) is 0 Å². The lowest BCUT2D eigenvalue weighted by molar-refractivity contribution is -0.123. The third kappa shape index (κ3) is 2.66. The Bertz CT molecular complexity index is 442. The van der Waals surface area contributed by atoms with Crippen molar-refractivity contribution in [1.82, 2.24) is 5.32 Å². The van der Waals surface area contributed by atoms with Crippen LogP contribution in [0.2, 0.25) is 0 Å². The van der Waals surface area contributed by atoms with Crippen LogP contribution in [0.3, 0.4) is 0 Å². The van der Waals surface area contributed by atoms with Crippen molar-refractivity contribution in [3.63, 3.8) is 0 Å². The molecule has 1 aromatic carbocycles. The average molecular weight is 258 g/mol. The summed E-state index contributed by atoms with van der Waals surface area (Å²) in [6, 6.07) is 8.14. The predicted molar refractivity (Wildman–Crippen MR) is 75.1 cm³/mol. The van der Waals surface area contributed by atoms with Crippen LogP contribution in [-0.4, -0.2) is 5.91 Å². The molecule has 102 valence electrons. The summed E-state index contributed by atoms with van der Waals surface area (Å²) >= 11 is 0. The monoisotopic (exact) mass is 258 g/mol. The van der Waals surface area contributed by atoms with Crippen LogP contribution in [0.5, 0.6) is 0 Å². The van der Waals surface area contributed by atoms with Crippen LogP contribution in [0.15, 0.2) is 24.3 Å². The molecule has 2 unspecified atom stereocenters. The second-order valence-corrected chi connectivity index (χ2v) is 5.88. The fourth-order valence-corrected chi connectivity index (χ4v) is 3.48. The first-order valence-corrected chi connectivity index (χ1v) is 7.35. The first-order chi connectivity index (χ1) is 9.29. The Labute approximate surface area is 114 Å². The molecule has 2 aliphatic rings. The van der Waals surface area contributed by atoms with Crippen molar-refractivity contribution in [3.05, 3.63) is 35.4 Å². The predicted octanol–water partition coefficient (Wildman–Crippen LogP) is 2.20. The van der Waals surface area contributed by atoms with Gasteiger partial charge in [-0.15, -0.1) is 0 Å². The molecular formula is C16H22N2O. The van der Waals surface area contributed by atoms with E-state index in [1.165, 1.54) is 25.7 Å². The summed E-state index contributed by atoms with van der Waals surface area (Å²) < 4.78 is 0. The number of carbonyl (C=O) groups excluding carboxylic acids is 1. The maximum absolute atomic E-state index is 12.1. The summed E-state index contributed by atoms with van der Waals surface area (Å²) in [4.78, 5) is 12.1. The Morgan fingerprint density at radius 2 is 1.68 bits per heavy atom. The van der Waals surface area contributed by atoms with Crippen LogP contribution in [0, 0.1) is 17.8 Å². The first kappa shape index (κ1) is 12.7. The average Bonchev–Trinajstić information content (AvgIpc) is 3.19. The highest BCUT2D eigenvalue weighted by atomic mass is 16.2. The minimum absolute atomic E-state index is 0.264. The second-order valence-electron chi connectivity index (χ2n) is 5.88. The van der Waals surface area contributed by atoms with Gasteiger partial charge in [-0.05, 0) is 35.8 Å². The molecule has 2 saturated carbocycles. The molecule has 3 rings (SSSR count). The zero-order valence-electron chi connectivity index (χ0n) is 11.3. The summed E-state index contributed by atoms with van der Waals surface area (Å²) in [5.74, 6) is 1.95. The number of benzene rings is 1. The topological polar surface area (TPSA) is 55.1 Å². The maximum Gasteiger partial charge on any atom is 0.223 e. The fourth-order valence-electron chi connectivity index (χ4n) is 3.48. The molecule has 0 heterocycles. The third-order valence-corrected chi connectivity index (χ3v) is 4.68. The number of hydrogen-bond acceptors (Lipinski definition) is 2. The van der Waals surface area contributed by atoms with Crippen molar-refractivity contribution in [1.29, 1.82) is 0 Å². The van der Waals surface area contributed by atoms with E-state index in [1.807, 2.05) is 24.3 Å². The standard InChI is InChI=1S/C16H22N2O/c17-9-11-5-7-12(8-6-11)10-18-16(19)15-13-3-1-2-4-14(13)15/h5-8,13-15H,1-4,9-10,17H2,(H,18,19). The molecule has 19 heavy (non-hydrogen) atoms. The molecular weight excluding hydrogens is 236 g/mol. The number of nitrogens with two attached hydrogens (primary N) is 1. The minimum atomic E-state index is 0.264. The molecule has 3 N–H and O–H groups in total. The van der Waals surface area contributed by atoms with Crippen LogP contribution in [0.4, 0.5) is 0 Å². The SMILES string of the molecule is NCc1ccc(CNC(=O)C2C3CCCCC32)cc1. The van der Waals surface area contributed by atoms with E-state index < -0.39 is 0 Å². The zero-order chi connectivity index (χ0) is 13.2. The fraction of sp³-hybridized carbons (Fsp3) is 0.562. The van der Waals surface area contributed by atoms with E-state index in [1.54, 1.807) is 0 Å². The number of fused-ring (bicyclic) bond motifs is 1. The van der Waals surface area contributed by atoms with Gasteiger partial charge in [-0.2, -0.15) is 0 Å². The van der Waals surface area contributed by atoms with Crippen LogP contribution in [0.25, 0.3) is 0 Å². The smallest absolute Gasteiger partial charge is 0.223 e. The minimum Gasteiger partial charge on any atom is -0.352 e. The second kappa shape index (κ2) is 5.33. The van der Waals surface area contributed by atoms with Gasteiger partial charge in [-0.1, -0.05) is 37.1 Å². The summed E-state index contributed by atoms with van der Waals surface area (Å²) in [6.45, 7) is 1.21. The number of hydrogen-bond donors (Lipinski definition) is 2. The van der Waals surface area contributed by atoms with Crippen molar-refractivity contribution in [2.24, 2.45) is 23.5 Å². The Hall–Kier alpha value is -1.35. The van der Waals surface area contributed by atoms with E-state index in [0.29, 0.717) is 30.8 Å². The molecule has 0 aliphatic heterocycles. The summed E-state index contributed by atoms with van der Waals surface area (Å²) in [5.41, 5.74) is 7.84. The Kier molecular flexibility index (Phi) is 3.56. The van der Waals surface area contributed by atoms with E-state index in [-0.39, 0.29) is 5.91 Å². The van der Waals surface area contributed by atoms with Crippen LogP contribution in [-0.2, 0) is 17.9 Å². The number of amides is 1. The summed E-state index contributed by atoms with van der Waals surface area (Å²) in [5, 5.41) is 3.08. The van der Waals surface area contributed by atoms with Gasteiger partial charge in [0.15, 0.2) is 0 Å². The molecule has 0 radical (unpaired) electrons. The highest BCUT2D eigenvalue weighted by Crippen LogP contribution is 2.55. The number of carbonyl (C=O) groups is 1. The molecule has 0 bridgehead atoms.